The average molecular weight is 176 g/mol. The lowest BCUT2D eigenvalue weighted by Gasteiger charge is -2.19. The fourth-order valence-corrected chi connectivity index (χ4v) is 0.602. The standard InChI is InChI=1S/C6H12O5/c7-2-1-4(9)6(11)5(10)3-8/h2,4-6,8-11H,1,3H2/t4-,5-,6+/m1/s1/i1+2,2+2,3+2,4+2,5+2,6+2. The molecule has 3 atom stereocenters. The van der Waals surface area contributed by atoms with Gasteiger partial charge in [-0.2, -0.15) is 0 Å². The van der Waals surface area contributed by atoms with Crippen LogP contribution in [0.1, 0.15) is 6.42 Å². The molecule has 0 saturated carbocycles. The molecule has 5 nitrogen and oxygen atoms in total. The maximum Gasteiger partial charge on any atom is 0.122 e. The number of rotatable bonds is 5. The summed E-state index contributed by atoms with van der Waals surface area (Å²) in [5.74, 6) is 0. The van der Waals surface area contributed by atoms with Crippen LogP contribution >= 0.6 is 0 Å². The third kappa shape index (κ3) is 3.43. The minimum absolute atomic E-state index is 0.252. The lowest BCUT2D eigenvalue weighted by molar-refractivity contribution is -0.115. The summed E-state index contributed by atoms with van der Waals surface area (Å²) in [4.78, 5) is 9.82. The number of aldehydes is 1. The first-order valence-corrected chi connectivity index (χ1v) is 3.22. The second-order valence-corrected chi connectivity index (χ2v) is 2.21. The van der Waals surface area contributed by atoms with E-state index < -0.39 is 24.9 Å². The molecular formula is C6H12O5. The van der Waals surface area contributed by atoms with Crippen molar-refractivity contribution in [2.24, 2.45) is 0 Å². The largest absolute Gasteiger partial charge is 0.394 e. The second-order valence-electron chi connectivity index (χ2n) is 2.21. The molecule has 0 aromatic carbocycles. The second kappa shape index (κ2) is 5.20. The van der Waals surface area contributed by atoms with E-state index in [2.05, 4.69) is 0 Å². The number of carbonyl (C=O) groups is 1. The molecule has 0 aliphatic carbocycles. The fraction of sp³-hybridized carbons (Fsp3) is 0.833. The quantitative estimate of drug-likeness (QED) is 0.351. The van der Waals surface area contributed by atoms with Crippen molar-refractivity contribution in [2.45, 2.75) is 24.7 Å². The highest BCUT2D eigenvalue weighted by Crippen LogP contribution is 2.01. The van der Waals surface area contributed by atoms with Crippen LogP contribution in [-0.4, -0.2) is 51.6 Å². The van der Waals surface area contributed by atoms with Gasteiger partial charge in [0.25, 0.3) is 0 Å². The molecule has 0 aromatic heterocycles. The number of aliphatic hydroxyl groups excluding tert-OH is 4. The molecule has 11 heavy (non-hydrogen) atoms. The third-order valence-electron chi connectivity index (χ3n) is 1.31. The molecule has 0 amide bonds. The first kappa shape index (κ1) is 10.5. The molecule has 0 radical (unpaired) electrons. The van der Waals surface area contributed by atoms with Crippen LogP contribution in [0.2, 0.25) is 0 Å². The van der Waals surface area contributed by atoms with Gasteiger partial charge in [-0.05, 0) is 0 Å². The van der Waals surface area contributed by atoms with Gasteiger partial charge < -0.3 is 25.2 Å². The summed E-state index contributed by atoms with van der Waals surface area (Å²) in [5, 5.41) is 34.8. The van der Waals surface area contributed by atoms with E-state index in [9.17, 15) is 4.79 Å². The van der Waals surface area contributed by atoms with Crippen LogP contribution in [0.15, 0.2) is 0 Å². The summed E-state index contributed by atoms with van der Waals surface area (Å²) in [6.07, 6.45) is -4.00. The highest BCUT2D eigenvalue weighted by Gasteiger charge is 2.23. The zero-order valence-corrected chi connectivity index (χ0v) is 5.92. The maximum absolute atomic E-state index is 9.82. The van der Waals surface area contributed by atoms with Crippen LogP contribution in [0.3, 0.4) is 0 Å². The van der Waals surface area contributed by atoms with Crippen LogP contribution in [0.5, 0.6) is 0 Å². The summed E-state index contributed by atoms with van der Waals surface area (Å²) in [7, 11) is 0. The smallest absolute Gasteiger partial charge is 0.122 e. The Bertz CT molecular complexity index is 116. The van der Waals surface area contributed by atoms with Crippen molar-refractivity contribution in [3.63, 3.8) is 0 Å². The van der Waals surface area contributed by atoms with Gasteiger partial charge in [-0.3, -0.25) is 0 Å². The van der Waals surface area contributed by atoms with Crippen molar-refractivity contribution in [1.29, 1.82) is 0 Å². The van der Waals surface area contributed by atoms with Gasteiger partial charge in [0.2, 0.25) is 0 Å². The molecule has 5 heteroatoms. The Balaban J connectivity index is 3.79. The topological polar surface area (TPSA) is 98.0 Å². The Morgan fingerprint density at radius 1 is 1.18 bits per heavy atom. The van der Waals surface area contributed by atoms with E-state index in [1.165, 1.54) is 0 Å². The van der Waals surface area contributed by atoms with Gasteiger partial charge in [0.05, 0.1) is 12.7 Å². The van der Waals surface area contributed by atoms with E-state index in [4.69, 9.17) is 20.4 Å². The molecule has 0 aliphatic heterocycles. The molecule has 0 saturated heterocycles. The number of hydrogen-bond donors (Lipinski definition) is 4. The third-order valence-corrected chi connectivity index (χ3v) is 1.31. The lowest BCUT2D eigenvalue weighted by atomic mass is 12.0. The molecular weight excluding hydrogens is 164 g/mol. The van der Waals surface area contributed by atoms with Crippen LogP contribution in [0, 0.1) is 0 Å². The van der Waals surface area contributed by atoms with Gasteiger partial charge >= 0.3 is 0 Å². The van der Waals surface area contributed by atoms with E-state index >= 15 is 0 Å². The van der Waals surface area contributed by atoms with Crippen LogP contribution in [-0.2, 0) is 4.79 Å². The van der Waals surface area contributed by atoms with Gasteiger partial charge in [0.1, 0.15) is 18.5 Å². The van der Waals surface area contributed by atoms with E-state index in [-0.39, 0.29) is 6.42 Å². The van der Waals surface area contributed by atoms with Crippen molar-refractivity contribution >= 4 is 6.29 Å². The molecule has 0 fully saturated rings. The first-order chi connectivity index (χ1) is 5.13. The van der Waals surface area contributed by atoms with E-state index in [1.54, 1.807) is 0 Å². The minimum Gasteiger partial charge on any atom is -0.394 e. The molecule has 0 unspecified atom stereocenters. The minimum atomic E-state index is -1.47. The summed E-state index contributed by atoms with van der Waals surface area (Å²) >= 11 is 0. The molecule has 0 heterocycles. The average Bonchev–Trinajstić information content (AvgIpc) is 2.02. The Hall–Kier alpha value is -0.490. The van der Waals surface area contributed by atoms with E-state index in [0.717, 1.165) is 0 Å². The molecule has 0 rings (SSSR count). The highest BCUT2D eigenvalue weighted by atomic mass is 16.9. The number of hydrogen-bond acceptors (Lipinski definition) is 5. The van der Waals surface area contributed by atoms with Crippen LogP contribution < -0.4 is 0 Å². The summed E-state index contributed by atoms with van der Waals surface area (Å²) in [5.41, 5.74) is 0. The number of carbonyl (C=O) groups excluding carboxylic acids is 1. The van der Waals surface area contributed by atoms with E-state index in [0.29, 0.717) is 6.29 Å². The molecule has 4 N–H and O–H groups in total. The first-order valence-electron chi connectivity index (χ1n) is 3.22. The van der Waals surface area contributed by atoms with Gasteiger partial charge in [0.15, 0.2) is 0 Å². The summed E-state index contributed by atoms with van der Waals surface area (Å²) in [6.45, 7) is -0.642. The fourth-order valence-electron chi connectivity index (χ4n) is 0.602. The van der Waals surface area contributed by atoms with Crippen LogP contribution in [0.25, 0.3) is 0 Å². The molecule has 66 valence electrons. The molecule has 0 aliphatic rings. The Morgan fingerprint density at radius 2 is 1.73 bits per heavy atom. The van der Waals surface area contributed by atoms with Crippen molar-refractivity contribution in [1.82, 2.24) is 0 Å². The SMILES string of the molecule is O=[14CH][14CH2][14C@@H](O)[14C@H](O)[14C@H](O)[14CH2]O. The van der Waals surface area contributed by atoms with Gasteiger partial charge in [-0.15, -0.1) is 0 Å². The Labute approximate surface area is 63.9 Å². The number of aliphatic hydroxyl groups is 4. The maximum atomic E-state index is 9.82. The predicted molar refractivity (Wildman–Crippen MR) is 35.8 cm³/mol. The normalized spacial score (nSPS) is 18.9. The van der Waals surface area contributed by atoms with Crippen LogP contribution in [0.4, 0.5) is 0 Å². The van der Waals surface area contributed by atoms with Gasteiger partial charge in [-0.25, -0.2) is 0 Å². The van der Waals surface area contributed by atoms with Crippen molar-refractivity contribution in [3.8, 4) is 0 Å². The Morgan fingerprint density at radius 3 is 2.09 bits per heavy atom. The van der Waals surface area contributed by atoms with Gasteiger partial charge in [-0.1, -0.05) is 0 Å². The summed E-state index contributed by atoms with van der Waals surface area (Å²) < 4.78 is 0. The van der Waals surface area contributed by atoms with Crippen molar-refractivity contribution in [2.75, 3.05) is 6.61 Å². The zero-order chi connectivity index (χ0) is 8.85. The summed E-state index contributed by atoms with van der Waals surface area (Å²) in [6, 6.07) is 0. The molecule has 0 bridgehead atoms. The van der Waals surface area contributed by atoms with Crippen molar-refractivity contribution < 1.29 is 25.2 Å². The molecule has 0 aromatic rings. The zero-order valence-electron chi connectivity index (χ0n) is 5.92. The highest BCUT2D eigenvalue weighted by molar-refractivity contribution is 5.50. The predicted octanol–water partition coefficient (Wildman–Crippen LogP) is -2.35. The van der Waals surface area contributed by atoms with Gasteiger partial charge in [0, 0.05) is 6.42 Å². The molecule has 0 spiro atoms. The van der Waals surface area contributed by atoms with E-state index in [1.807, 2.05) is 0 Å². The van der Waals surface area contributed by atoms with Crippen molar-refractivity contribution in [3.05, 3.63) is 0 Å². The Kier molecular flexibility index (Phi) is 4.97. The monoisotopic (exact) mass is 176 g/mol. The lowest BCUT2D eigenvalue weighted by Crippen LogP contribution is -2.39.